The van der Waals surface area contributed by atoms with E-state index in [2.05, 4.69) is 61.5 Å². The number of piperazine rings is 1. The van der Waals surface area contributed by atoms with Gasteiger partial charge in [0.05, 0.1) is 5.52 Å². The van der Waals surface area contributed by atoms with Gasteiger partial charge in [-0.05, 0) is 12.1 Å². The molecule has 1 aromatic heterocycles. The number of anilines is 1. The number of aromatic nitrogens is 2. The number of thioether (sulfide) groups is 2. The molecule has 0 aliphatic carbocycles. The number of fused-ring (bicyclic) bond motifs is 1. The minimum absolute atomic E-state index is 0.747. The fraction of sp³-hybridized carbons (Fsp3) is 0.529. The van der Waals surface area contributed by atoms with Crippen molar-refractivity contribution in [3.05, 3.63) is 30.6 Å². The van der Waals surface area contributed by atoms with E-state index in [0.29, 0.717) is 0 Å². The van der Waals surface area contributed by atoms with E-state index in [1.54, 1.807) is 6.33 Å². The van der Waals surface area contributed by atoms with Gasteiger partial charge in [-0.3, -0.25) is 4.90 Å². The molecule has 1 aromatic carbocycles. The second-order valence-electron chi connectivity index (χ2n) is 6.04. The molecule has 2 aliphatic heterocycles. The van der Waals surface area contributed by atoms with Crippen LogP contribution in [-0.4, -0.2) is 70.1 Å². The molecule has 4 rings (SSSR count). The van der Waals surface area contributed by atoms with E-state index in [1.807, 2.05) is 6.07 Å². The summed E-state index contributed by atoms with van der Waals surface area (Å²) in [5.74, 6) is 6.31. The van der Waals surface area contributed by atoms with Crippen molar-refractivity contribution in [1.29, 1.82) is 0 Å². The number of hydrogen-bond acceptors (Lipinski definition) is 6. The van der Waals surface area contributed by atoms with Gasteiger partial charge in [0, 0.05) is 60.6 Å². The highest BCUT2D eigenvalue weighted by Gasteiger charge is 2.26. The minimum atomic E-state index is 0.747. The van der Waals surface area contributed by atoms with Crippen molar-refractivity contribution in [1.82, 2.24) is 14.9 Å². The molecule has 0 bridgehead atoms. The third-order valence-electron chi connectivity index (χ3n) is 4.64. The topological polar surface area (TPSA) is 32.3 Å². The van der Waals surface area contributed by atoms with Crippen LogP contribution in [0.4, 0.5) is 5.82 Å². The quantitative estimate of drug-likeness (QED) is 0.831. The van der Waals surface area contributed by atoms with Crippen LogP contribution in [0.2, 0.25) is 0 Å². The predicted octanol–water partition coefficient (Wildman–Crippen LogP) is 2.60. The monoisotopic (exact) mass is 346 g/mol. The van der Waals surface area contributed by atoms with Crippen LogP contribution >= 0.6 is 23.5 Å². The Bertz CT molecular complexity index is 645. The summed E-state index contributed by atoms with van der Waals surface area (Å²) < 4.78 is 0. The second kappa shape index (κ2) is 7.28. The third-order valence-corrected chi connectivity index (χ3v) is 7.13. The predicted molar refractivity (Wildman–Crippen MR) is 102 cm³/mol. The van der Waals surface area contributed by atoms with Crippen molar-refractivity contribution in [3.8, 4) is 0 Å². The summed E-state index contributed by atoms with van der Waals surface area (Å²) in [7, 11) is 0. The van der Waals surface area contributed by atoms with Crippen LogP contribution in [0.5, 0.6) is 0 Å². The Hall–Kier alpha value is -0.980. The van der Waals surface area contributed by atoms with Crippen LogP contribution in [0.3, 0.4) is 0 Å². The highest BCUT2D eigenvalue weighted by molar-refractivity contribution is 8.03. The zero-order valence-corrected chi connectivity index (χ0v) is 14.9. The maximum atomic E-state index is 4.57. The van der Waals surface area contributed by atoms with Crippen molar-refractivity contribution in [2.24, 2.45) is 0 Å². The average Bonchev–Trinajstić information content (AvgIpc) is 2.91. The maximum absolute atomic E-state index is 4.57. The van der Waals surface area contributed by atoms with Gasteiger partial charge in [0.1, 0.15) is 12.1 Å². The van der Waals surface area contributed by atoms with Gasteiger partial charge in [0.15, 0.2) is 0 Å². The summed E-state index contributed by atoms with van der Waals surface area (Å²) in [5, 5.41) is 1.17. The van der Waals surface area contributed by atoms with Crippen LogP contribution in [0.15, 0.2) is 30.6 Å². The summed E-state index contributed by atoms with van der Waals surface area (Å²) in [4.78, 5) is 14.1. The van der Waals surface area contributed by atoms with Crippen LogP contribution < -0.4 is 4.90 Å². The van der Waals surface area contributed by atoms with Gasteiger partial charge in [0.2, 0.25) is 0 Å². The number of rotatable bonds is 2. The lowest BCUT2D eigenvalue weighted by Gasteiger charge is -2.39. The Balaban J connectivity index is 1.46. The van der Waals surface area contributed by atoms with Crippen LogP contribution in [0.25, 0.3) is 10.9 Å². The van der Waals surface area contributed by atoms with E-state index < -0.39 is 0 Å². The lowest BCUT2D eigenvalue weighted by molar-refractivity contribution is 0.215. The SMILES string of the molecule is c1ccc2c(N3CCN(C4CSCCSC4)CC3)ncnc2c1. The molecule has 122 valence electrons. The summed E-state index contributed by atoms with van der Waals surface area (Å²) in [6.07, 6.45) is 1.70. The normalized spacial score (nSPS) is 21.5. The summed E-state index contributed by atoms with van der Waals surface area (Å²) in [5.41, 5.74) is 1.04. The zero-order chi connectivity index (χ0) is 15.5. The Morgan fingerprint density at radius 3 is 2.43 bits per heavy atom. The first-order chi connectivity index (χ1) is 11.4. The number of nitrogens with zero attached hydrogens (tertiary/aromatic N) is 4. The number of benzene rings is 1. The van der Waals surface area contributed by atoms with Crippen LogP contribution in [0.1, 0.15) is 0 Å². The molecule has 0 N–H and O–H groups in total. The zero-order valence-electron chi connectivity index (χ0n) is 13.2. The Labute approximate surface area is 146 Å². The number of hydrogen-bond donors (Lipinski definition) is 0. The molecule has 0 amide bonds. The largest absolute Gasteiger partial charge is 0.353 e. The fourth-order valence-electron chi connectivity index (χ4n) is 3.36. The van der Waals surface area contributed by atoms with E-state index in [4.69, 9.17) is 0 Å². The minimum Gasteiger partial charge on any atom is -0.353 e. The lowest BCUT2D eigenvalue weighted by Crippen LogP contribution is -2.52. The molecule has 6 heteroatoms. The molecular formula is C17H22N4S2. The highest BCUT2D eigenvalue weighted by Crippen LogP contribution is 2.25. The maximum Gasteiger partial charge on any atom is 0.139 e. The molecule has 0 unspecified atom stereocenters. The van der Waals surface area contributed by atoms with Crippen LogP contribution in [0, 0.1) is 0 Å². The molecule has 23 heavy (non-hydrogen) atoms. The Kier molecular flexibility index (Phi) is 4.92. The molecule has 0 spiro atoms. The standard InChI is InChI=1S/C17H22N4S2/c1-2-4-16-15(3-1)17(19-13-18-16)21-7-5-20(6-8-21)14-11-22-9-10-23-12-14/h1-4,13-14H,5-12H2. The first kappa shape index (κ1) is 15.5. The summed E-state index contributed by atoms with van der Waals surface area (Å²) >= 11 is 4.24. The van der Waals surface area contributed by atoms with E-state index in [9.17, 15) is 0 Å². The van der Waals surface area contributed by atoms with Crippen LogP contribution in [-0.2, 0) is 0 Å². The molecular weight excluding hydrogens is 324 g/mol. The van der Waals surface area contributed by atoms with Crippen molar-refractivity contribution in [3.63, 3.8) is 0 Å². The summed E-state index contributed by atoms with van der Waals surface area (Å²) in [6.45, 7) is 4.41. The van der Waals surface area contributed by atoms with Gasteiger partial charge in [-0.15, -0.1) is 0 Å². The molecule has 0 radical (unpaired) electrons. The van der Waals surface area contributed by atoms with Gasteiger partial charge in [-0.2, -0.15) is 23.5 Å². The third kappa shape index (κ3) is 3.44. The fourth-order valence-corrected chi connectivity index (χ4v) is 5.98. The Morgan fingerprint density at radius 2 is 1.65 bits per heavy atom. The second-order valence-corrected chi connectivity index (χ2v) is 8.34. The number of para-hydroxylation sites is 1. The van der Waals surface area contributed by atoms with Crippen molar-refractivity contribution in [2.75, 3.05) is 54.1 Å². The molecule has 3 heterocycles. The van der Waals surface area contributed by atoms with Crippen molar-refractivity contribution in [2.45, 2.75) is 6.04 Å². The van der Waals surface area contributed by atoms with Crippen molar-refractivity contribution < 1.29 is 0 Å². The summed E-state index contributed by atoms with van der Waals surface area (Å²) in [6, 6.07) is 9.06. The van der Waals surface area contributed by atoms with E-state index >= 15 is 0 Å². The smallest absolute Gasteiger partial charge is 0.139 e. The van der Waals surface area contributed by atoms with E-state index in [1.165, 1.54) is 28.4 Å². The van der Waals surface area contributed by atoms with Gasteiger partial charge < -0.3 is 4.90 Å². The van der Waals surface area contributed by atoms with Gasteiger partial charge in [-0.25, -0.2) is 9.97 Å². The van der Waals surface area contributed by atoms with E-state index in [-0.39, 0.29) is 0 Å². The van der Waals surface area contributed by atoms with Gasteiger partial charge in [-0.1, -0.05) is 12.1 Å². The van der Waals surface area contributed by atoms with Crippen molar-refractivity contribution >= 4 is 40.2 Å². The first-order valence-corrected chi connectivity index (χ1v) is 10.6. The molecule has 2 fully saturated rings. The lowest BCUT2D eigenvalue weighted by atomic mass is 10.2. The molecule has 4 nitrogen and oxygen atoms in total. The highest BCUT2D eigenvalue weighted by atomic mass is 32.2. The molecule has 0 saturated carbocycles. The molecule has 0 atom stereocenters. The van der Waals surface area contributed by atoms with E-state index in [0.717, 1.165) is 43.6 Å². The first-order valence-electron chi connectivity index (χ1n) is 8.26. The van der Waals surface area contributed by atoms with Gasteiger partial charge >= 0.3 is 0 Å². The Morgan fingerprint density at radius 1 is 0.913 bits per heavy atom. The average molecular weight is 347 g/mol. The molecule has 2 aromatic rings. The molecule has 2 aliphatic rings. The van der Waals surface area contributed by atoms with Gasteiger partial charge in [0.25, 0.3) is 0 Å². The molecule has 2 saturated heterocycles.